The molecule has 0 aliphatic heterocycles. The second kappa shape index (κ2) is 72.1. The van der Waals surface area contributed by atoms with E-state index in [1.165, 1.54) is 6.08 Å². The number of carboxylic acids is 1. The second-order valence-corrected chi connectivity index (χ2v) is 31.3. The Labute approximate surface area is 708 Å². The average molecular weight is 1620 g/mol. The first-order valence-electron chi connectivity index (χ1n) is 40.6. The first-order chi connectivity index (χ1) is 53.5. The molecule has 0 amide bonds. The van der Waals surface area contributed by atoms with Crippen LogP contribution in [0.25, 0.3) is 0 Å². The molecule has 16 heteroatoms. The van der Waals surface area contributed by atoms with Gasteiger partial charge in [0.25, 0.3) is 0 Å². The highest BCUT2D eigenvalue weighted by molar-refractivity contribution is 5.98. The maximum absolute atomic E-state index is 13.1. The summed E-state index contributed by atoms with van der Waals surface area (Å²) in [5.74, 6) is 8.98. The molecule has 0 aromatic heterocycles. The number of ether oxygens (including phenoxy) is 4. The van der Waals surface area contributed by atoms with Crippen LogP contribution in [-0.4, -0.2) is 76.1 Å². The molecule has 8 rings (SSSR count). The summed E-state index contributed by atoms with van der Waals surface area (Å²) in [6.07, 6.45) is 31.0. The molecule has 4 aliphatic carbocycles. The summed E-state index contributed by atoms with van der Waals surface area (Å²) in [4.78, 5) is 114. The lowest BCUT2D eigenvalue weighted by Crippen LogP contribution is -2.37. The lowest BCUT2D eigenvalue weighted by molar-refractivity contribution is -0.167. The van der Waals surface area contributed by atoms with E-state index < -0.39 is 35.8 Å². The number of unbranched alkanes of at least 4 members (excludes halogenated alkanes) is 1. The molecule has 5 unspecified atom stereocenters. The normalized spacial score (nSPS) is 15.6. The second-order valence-electron chi connectivity index (χ2n) is 31.3. The third-order valence-corrected chi connectivity index (χ3v) is 18.9. The third-order valence-electron chi connectivity index (χ3n) is 18.9. The number of rotatable bonds is 34. The minimum atomic E-state index is -1.09. The van der Waals surface area contributed by atoms with Gasteiger partial charge in [-0.05, 0) is 176 Å². The summed E-state index contributed by atoms with van der Waals surface area (Å²) in [5, 5.41) is 18.6. The van der Waals surface area contributed by atoms with E-state index in [1.54, 1.807) is 0 Å². The number of hydrogen-bond donors (Lipinski definition) is 2. The SMILES string of the molecule is C.C.C.C.C#CCCC(C)C.C=CC=O.CC(C)CCC#CCCC=O.CC(C)CCC1=CCCC1=O.CC(C)CCC1=CCCC1=O.CC(C)CCC1C(=O)CCC1C(C(=O)OCc1ccccc1)C(=O)OCc1ccccc1.CC(C)CCC1C(O)CCC1CC(=O)O.O=C(CC(=O)OCc1ccccc1)OCc1ccccc1.[CH3-]. The quantitative estimate of drug-likeness (QED) is 0.00645. The van der Waals surface area contributed by atoms with E-state index in [4.69, 9.17) is 35.3 Å². The van der Waals surface area contributed by atoms with E-state index in [0.29, 0.717) is 67.2 Å². The molecule has 16 nitrogen and oxygen atoms in total. The molecule has 4 aliphatic rings. The number of aldehydes is 2. The molecule has 0 heterocycles. The number of aliphatic hydroxyl groups excluding tert-OH is 1. The van der Waals surface area contributed by atoms with Crippen LogP contribution >= 0.6 is 0 Å². The summed E-state index contributed by atoms with van der Waals surface area (Å²) >= 11 is 0. The minimum Gasteiger partial charge on any atom is -0.481 e. The first kappa shape index (κ1) is 116. The lowest BCUT2D eigenvalue weighted by Gasteiger charge is -2.25. The number of Topliss-reactive ketones (excluding diaryl/α,β-unsaturated/α-hetero) is 3. The molecule has 2 N–H and O–H groups in total. The van der Waals surface area contributed by atoms with E-state index in [-0.39, 0.29) is 112 Å². The van der Waals surface area contributed by atoms with Crippen LogP contribution in [0.4, 0.5) is 0 Å². The highest BCUT2D eigenvalue weighted by Crippen LogP contribution is 2.40. The maximum atomic E-state index is 13.1. The Morgan fingerprint density at radius 3 is 1.21 bits per heavy atom. The molecule has 2 saturated carbocycles. The lowest BCUT2D eigenvalue weighted by atomic mass is 9.80. The Bertz CT molecular complexity index is 3340. The standard InChI is InChI=1S/C27H32O5.C17H16O4.C12H22O3.3C10H16O.C7H12.C3H4O.4CH4.CH3/c1-19(2)13-14-22-23(15-16-24(22)28)25(26(29)31-17-20-9-5-3-6-10-20)27(30)32-18-21-11-7-4-8-12-21;18-16(20-12-14-7-3-1-4-8-14)11-17(19)21-13-15-9-5-2-6-10-15;1-8(2)3-5-10-9(7-12(14)15)4-6-11(10)13;2*1-8(2)6-7-9-4-3-5-10(9)11;1-10(2)8-6-4-3-5-7-9-11;1-4-5-6-7(2)3;1-2-3-4;;;;;/h3-12,19,22-23,25H,13-18H2,1-2H3;1-10H,11-13H2;8-11,13H,3-7H2,1-2H3,(H,14,15);2*4,8H,3,5-7H2,1-2H3;9-10H,5-8H2,1-2H3;1,7H,5-6H2,2-3H3;2-3H,1H2;4*1H4;1H3/q;;;;;;;;;;;;-1. The van der Waals surface area contributed by atoms with Gasteiger partial charge in [0.05, 0.1) is 6.10 Å². The van der Waals surface area contributed by atoms with Gasteiger partial charge in [-0.1, -0.05) is 266 Å². The molecule has 4 aromatic carbocycles. The molecular weight excluding hydrogens is 1470 g/mol. The maximum Gasteiger partial charge on any atom is 0.320 e. The summed E-state index contributed by atoms with van der Waals surface area (Å²) in [6, 6.07) is 37.3. The van der Waals surface area contributed by atoms with Crippen molar-refractivity contribution < 1.29 is 77.1 Å². The highest BCUT2D eigenvalue weighted by Gasteiger charge is 2.47. The van der Waals surface area contributed by atoms with E-state index in [0.717, 1.165) is 167 Å². The van der Waals surface area contributed by atoms with Gasteiger partial charge in [-0.2, -0.15) is 0 Å². The number of carbonyl (C=O) groups is 10. The number of aliphatic hydroxyl groups is 1. The number of aliphatic carboxylic acids is 1. The van der Waals surface area contributed by atoms with Crippen molar-refractivity contribution in [1.29, 1.82) is 0 Å². The van der Waals surface area contributed by atoms with E-state index >= 15 is 0 Å². The molecule has 5 atom stereocenters. The van der Waals surface area contributed by atoms with E-state index in [1.807, 2.05) is 121 Å². The van der Waals surface area contributed by atoms with Crippen molar-refractivity contribution in [2.75, 3.05) is 0 Å². The average Bonchev–Trinajstić information content (AvgIpc) is 1.69. The van der Waals surface area contributed by atoms with Crippen molar-refractivity contribution in [3.05, 3.63) is 187 Å². The number of allylic oxidation sites excluding steroid dienone is 5. The van der Waals surface area contributed by atoms with Gasteiger partial charge in [-0.15, -0.1) is 24.2 Å². The fourth-order valence-corrected chi connectivity index (χ4v) is 12.3. The Morgan fingerprint density at radius 1 is 0.504 bits per heavy atom. The minimum absolute atomic E-state index is 0. The summed E-state index contributed by atoms with van der Waals surface area (Å²) < 4.78 is 21.1. The molecule has 0 bridgehead atoms. The largest absolute Gasteiger partial charge is 0.481 e. The van der Waals surface area contributed by atoms with Crippen molar-refractivity contribution in [2.45, 2.75) is 299 Å². The summed E-state index contributed by atoms with van der Waals surface area (Å²) in [6.45, 7) is 29.6. The van der Waals surface area contributed by atoms with Gasteiger partial charge in [-0.3, -0.25) is 43.2 Å². The fraction of sp³-hybridized carbons (Fsp3) is 0.554. The molecule has 117 heavy (non-hydrogen) atoms. The van der Waals surface area contributed by atoms with Crippen molar-refractivity contribution in [1.82, 2.24) is 0 Å². The number of hydrogen-bond acceptors (Lipinski definition) is 15. The number of benzene rings is 4. The van der Waals surface area contributed by atoms with Crippen molar-refractivity contribution >= 4 is 59.8 Å². The molecular formula is C101H153O16-. The zero-order chi connectivity index (χ0) is 83.4. The highest BCUT2D eigenvalue weighted by atomic mass is 16.6. The molecule has 654 valence electrons. The Morgan fingerprint density at radius 2 is 0.872 bits per heavy atom. The smallest absolute Gasteiger partial charge is 0.320 e. The monoisotopic (exact) mass is 1620 g/mol. The molecule has 2 fully saturated rings. The Hall–Kier alpha value is -9.12. The van der Waals surface area contributed by atoms with Gasteiger partial charge in [0.2, 0.25) is 0 Å². The van der Waals surface area contributed by atoms with Crippen LogP contribution in [0.2, 0.25) is 0 Å². The van der Waals surface area contributed by atoms with Gasteiger partial charge in [0.1, 0.15) is 51.2 Å². The molecule has 4 aromatic rings. The van der Waals surface area contributed by atoms with Gasteiger partial charge in [0, 0.05) is 57.3 Å². The summed E-state index contributed by atoms with van der Waals surface area (Å²) in [5.41, 5.74) is 5.61. The number of ketones is 3. The first-order valence-corrected chi connectivity index (χ1v) is 40.6. The number of terminal acetylenes is 1. The number of carbonyl (C=O) groups excluding carboxylic acids is 9. The number of carboxylic acid groups (broad SMARTS) is 1. The van der Waals surface area contributed by atoms with Crippen LogP contribution in [-0.2, 0) is 93.3 Å². The van der Waals surface area contributed by atoms with Crippen LogP contribution in [0.3, 0.4) is 0 Å². The van der Waals surface area contributed by atoms with Crippen molar-refractivity contribution in [3.63, 3.8) is 0 Å². The topological polar surface area (TPSA) is 248 Å². The van der Waals surface area contributed by atoms with Crippen molar-refractivity contribution in [2.24, 2.45) is 65.1 Å². The van der Waals surface area contributed by atoms with Gasteiger partial charge >= 0.3 is 29.8 Å². The van der Waals surface area contributed by atoms with Gasteiger partial charge in [0.15, 0.2) is 17.5 Å². The van der Waals surface area contributed by atoms with Gasteiger partial charge in [-0.25, -0.2) is 0 Å². The molecule has 0 radical (unpaired) electrons. The Balaban J connectivity index is -0.000000433. The number of esters is 4. The van der Waals surface area contributed by atoms with E-state index in [2.05, 4.69) is 120 Å². The van der Waals surface area contributed by atoms with Crippen LogP contribution in [0.1, 0.15) is 289 Å². The predicted molar refractivity (Wildman–Crippen MR) is 479 cm³/mol. The summed E-state index contributed by atoms with van der Waals surface area (Å²) in [7, 11) is 0. The Kier molecular flexibility index (Phi) is 71.8. The molecule has 0 saturated heterocycles. The predicted octanol–water partition coefficient (Wildman–Crippen LogP) is 23.5. The van der Waals surface area contributed by atoms with Crippen LogP contribution < -0.4 is 0 Å². The zero-order valence-corrected chi connectivity index (χ0v) is 70.6. The van der Waals surface area contributed by atoms with Crippen LogP contribution in [0.15, 0.2) is 157 Å². The van der Waals surface area contributed by atoms with Crippen LogP contribution in [0.5, 0.6) is 0 Å². The van der Waals surface area contributed by atoms with Gasteiger partial charge < -0.3 is 41.4 Å². The van der Waals surface area contributed by atoms with Crippen molar-refractivity contribution in [3.8, 4) is 24.2 Å². The third kappa shape index (κ3) is 58.4. The van der Waals surface area contributed by atoms with E-state index in [9.17, 15) is 48.3 Å². The molecule has 0 spiro atoms. The zero-order valence-electron chi connectivity index (χ0n) is 70.6. The van der Waals surface area contributed by atoms with Crippen LogP contribution in [0, 0.1) is 96.7 Å². The fourth-order valence-electron chi connectivity index (χ4n) is 12.3.